The molecular formula is C23H24N2O4. The summed E-state index contributed by atoms with van der Waals surface area (Å²) < 4.78 is 11.9. The molecule has 0 saturated carbocycles. The van der Waals surface area contributed by atoms with E-state index in [1.54, 1.807) is 18.2 Å². The Hall–Kier alpha value is -3.54. The molecule has 1 N–H and O–H groups in total. The third-order valence-corrected chi connectivity index (χ3v) is 4.44. The Morgan fingerprint density at radius 1 is 1.14 bits per heavy atom. The maximum Gasteiger partial charge on any atom is 0.328 e. The van der Waals surface area contributed by atoms with Crippen LogP contribution in [0.3, 0.4) is 0 Å². The van der Waals surface area contributed by atoms with Gasteiger partial charge in [-0.1, -0.05) is 36.4 Å². The molecule has 1 aliphatic rings. The predicted molar refractivity (Wildman–Crippen MR) is 112 cm³/mol. The number of nitrogens with one attached hydrogen (secondary N) is 1. The van der Waals surface area contributed by atoms with Crippen LogP contribution in [-0.2, 0) is 17.8 Å². The maximum absolute atomic E-state index is 12.2. The van der Waals surface area contributed by atoms with Crippen molar-refractivity contribution in [3.63, 3.8) is 0 Å². The molecule has 1 aliphatic heterocycles. The minimum atomic E-state index is -0.444. The average Bonchev–Trinajstić information content (AvgIpc) is 2.95. The smallest absolute Gasteiger partial charge is 0.328 e. The fourth-order valence-corrected chi connectivity index (χ4v) is 3.02. The second-order valence-electron chi connectivity index (χ2n) is 6.56. The Morgan fingerprint density at radius 2 is 1.90 bits per heavy atom. The van der Waals surface area contributed by atoms with Crippen LogP contribution in [-0.4, -0.2) is 30.5 Å². The molecule has 6 nitrogen and oxygen atoms in total. The molecule has 0 atom stereocenters. The highest BCUT2D eigenvalue weighted by atomic mass is 16.5. The molecule has 6 heteroatoms. The minimum absolute atomic E-state index is 0.224. The van der Waals surface area contributed by atoms with Crippen molar-refractivity contribution in [3.8, 4) is 11.5 Å². The van der Waals surface area contributed by atoms with Crippen molar-refractivity contribution in [1.29, 1.82) is 0 Å². The lowest BCUT2D eigenvalue weighted by molar-refractivity contribution is -0.121. The van der Waals surface area contributed by atoms with Gasteiger partial charge in [0.15, 0.2) is 11.5 Å². The number of likely N-dealkylation sites (N-methyl/N-ethyl adjacent to an activating group) is 1. The van der Waals surface area contributed by atoms with E-state index in [1.807, 2.05) is 43.3 Å². The zero-order valence-electron chi connectivity index (χ0n) is 16.6. The summed E-state index contributed by atoms with van der Waals surface area (Å²) in [5, 5.41) is 2.57. The summed E-state index contributed by atoms with van der Waals surface area (Å²) >= 11 is 0. The molecule has 3 amide bonds. The van der Waals surface area contributed by atoms with Crippen LogP contribution < -0.4 is 14.8 Å². The van der Waals surface area contributed by atoms with Crippen LogP contribution >= 0.6 is 0 Å². The van der Waals surface area contributed by atoms with Crippen LogP contribution in [0.5, 0.6) is 11.5 Å². The van der Waals surface area contributed by atoms with Gasteiger partial charge < -0.3 is 14.8 Å². The quantitative estimate of drug-likeness (QED) is 0.420. The number of hydrogen-bond donors (Lipinski definition) is 1. The van der Waals surface area contributed by atoms with Crippen LogP contribution in [0.1, 0.15) is 23.6 Å². The van der Waals surface area contributed by atoms with Crippen molar-refractivity contribution < 1.29 is 19.1 Å². The van der Waals surface area contributed by atoms with E-state index in [1.165, 1.54) is 7.05 Å². The van der Waals surface area contributed by atoms with Gasteiger partial charge in [0, 0.05) is 12.6 Å². The first-order chi connectivity index (χ1) is 14.0. The van der Waals surface area contributed by atoms with Crippen LogP contribution in [0, 0.1) is 0 Å². The normalized spacial score (nSPS) is 14.8. The van der Waals surface area contributed by atoms with Crippen molar-refractivity contribution >= 4 is 18.0 Å². The minimum Gasteiger partial charge on any atom is -0.490 e. The Kier molecular flexibility index (Phi) is 6.34. The first-order valence-electron chi connectivity index (χ1n) is 9.41. The van der Waals surface area contributed by atoms with E-state index in [9.17, 15) is 9.59 Å². The first-order valence-corrected chi connectivity index (χ1v) is 9.41. The monoisotopic (exact) mass is 392 g/mol. The zero-order chi connectivity index (χ0) is 20.8. The number of hydrogen-bond acceptors (Lipinski definition) is 4. The fourth-order valence-electron chi connectivity index (χ4n) is 3.02. The summed E-state index contributed by atoms with van der Waals surface area (Å²) in [7, 11) is 1.44. The van der Waals surface area contributed by atoms with Crippen molar-refractivity contribution in [2.24, 2.45) is 0 Å². The van der Waals surface area contributed by atoms with Gasteiger partial charge in [-0.05, 0) is 42.7 Å². The second kappa shape index (κ2) is 9.10. The summed E-state index contributed by atoms with van der Waals surface area (Å²) in [5.41, 5.74) is 2.89. The molecule has 3 rings (SSSR count). The Balaban J connectivity index is 1.96. The lowest BCUT2D eigenvalue weighted by Gasteiger charge is -2.17. The van der Waals surface area contributed by atoms with Gasteiger partial charge in [0.05, 0.1) is 6.61 Å². The summed E-state index contributed by atoms with van der Waals surface area (Å²) in [6, 6.07) is 13.2. The van der Waals surface area contributed by atoms with E-state index >= 15 is 0 Å². The van der Waals surface area contributed by atoms with Crippen molar-refractivity contribution in [2.45, 2.75) is 20.0 Å². The molecule has 29 heavy (non-hydrogen) atoms. The highest BCUT2D eigenvalue weighted by Crippen LogP contribution is 2.35. The van der Waals surface area contributed by atoms with E-state index in [-0.39, 0.29) is 11.6 Å². The fraction of sp³-hybridized carbons (Fsp3) is 0.217. The van der Waals surface area contributed by atoms with Gasteiger partial charge >= 0.3 is 6.03 Å². The molecule has 0 aromatic heterocycles. The maximum atomic E-state index is 12.2. The van der Waals surface area contributed by atoms with Gasteiger partial charge in [0.1, 0.15) is 12.3 Å². The van der Waals surface area contributed by atoms with Gasteiger partial charge in [0.25, 0.3) is 5.91 Å². The number of nitrogens with zero attached hydrogens (tertiary/aromatic N) is 1. The number of imide groups is 1. The van der Waals surface area contributed by atoms with Gasteiger partial charge in [0.2, 0.25) is 0 Å². The number of rotatable bonds is 8. The van der Waals surface area contributed by atoms with Gasteiger partial charge in [-0.15, -0.1) is 6.58 Å². The molecule has 0 radical (unpaired) electrons. The molecule has 1 saturated heterocycles. The molecule has 1 fully saturated rings. The number of carbonyl (C=O) groups is 2. The molecule has 2 aromatic rings. The Morgan fingerprint density at radius 3 is 2.52 bits per heavy atom. The molecule has 150 valence electrons. The van der Waals surface area contributed by atoms with Crippen molar-refractivity contribution in [2.75, 3.05) is 13.7 Å². The highest BCUT2D eigenvalue weighted by molar-refractivity contribution is 6.13. The van der Waals surface area contributed by atoms with E-state index < -0.39 is 6.03 Å². The van der Waals surface area contributed by atoms with Crippen LogP contribution in [0.2, 0.25) is 0 Å². The van der Waals surface area contributed by atoms with Crippen molar-refractivity contribution in [1.82, 2.24) is 10.2 Å². The summed E-state index contributed by atoms with van der Waals surface area (Å²) in [6.07, 6.45) is 3.99. The summed E-state index contributed by atoms with van der Waals surface area (Å²) in [5.74, 6) is 0.860. The van der Waals surface area contributed by atoms with Gasteiger partial charge in [-0.25, -0.2) is 4.79 Å². The number of benzene rings is 2. The number of ether oxygens (including phenoxy) is 2. The third kappa shape index (κ3) is 4.66. The lowest BCUT2D eigenvalue weighted by atomic mass is 10.0. The molecule has 0 bridgehead atoms. The Bertz CT molecular complexity index is 951. The van der Waals surface area contributed by atoms with Gasteiger partial charge in [-0.2, -0.15) is 0 Å². The summed E-state index contributed by atoms with van der Waals surface area (Å²) in [6.45, 7) is 6.60. The van der Waals surface area contributed by atoms with E-state index in [0.717, 1.165) is 21.6 Å². The van der Waals surface area contributed by atoms with Crippen LogP contribution in [0.15, 0.2) is 60.8 Å². The van der Waals surface area contributed by atoms with E-state index in [4.69, 9.17) is 9.47 Å². The van der Waals surface area contributed by atoms with Crippen molar-refractivity contribution in [3.05, 3.63) is 77.5 Å². The second-order valence-corrected chi connectivity index (χ2v) is 6.56. The SMILES string of the molecule is C=CCc1cc(/C=C2/NC(=O)N(C)C2=O)cc(OCC)c1OCc1ccccc1. The molecule has 0 unspecified atom stereocenters. The van der Waals surface area contributed by atoms with E-state index in [2.05, 4.69) is 11.9 Å². The number of carbonyl (C=O) groups excluding carboxylic acids is 2. The topological polar surface area (TPSA) is 67.9 Å². The summed E-state index contributed by atoms with van der Waals surface area (Å²) in [4.78, 5) is 24.9. The van der Waals surface area contributed by atoms with Crippen LogP contribution in [0.25, 0.3) is 6.08 Å². The van der Waals surface area contributed by atoms with Gasteiger partial charge in [-0.3, -0.25) is 9.69 Å². The standard InChI is InChI=1S/C23H24N2O4/c1-4-9-18-12-17(13-19-22(26)25(3)23(27)24-19)14-20(28-5-2)21(18)29-15-16-10-7-6-8-11-16/h4,6-8,10-14H,1,5,9,15H2,2-3H3,(H,24,27)/b19-13+. The molecule has 0 spiro atoms. The predicted octanol–water partition coefficient (Wildman–Crippen LogP) is 3.92. The zero-order valence-corrected chi connectivity index (χ0v) is 16.6. The number of urea groups is 1. The number of allylic oxidation sites excluding steroid dienone is 1. The molecule has 2 aromatic carbocycles. The average molecular weight is 392 g/mol. The largest absolute Gasteiger partial charge is 0.490 e. The highest BCUT2D eigenvalue weighted by Gasteiger charge is 2.30. The Labute approximate surface area is 170 Å². The number of amides is 3. The molecule has 1 heterocycles. The first kappa shape index (κ1) is 20.2. The molecule has 0 aliphatic carbocycles. The van der Waals surface area contributed by atoms with Crippen LogP contribution in [0.4, 0.5) is 4.79 Å². The molecular weight excluding hydrogens is 368 g/mol. The van der Waals surface area contributed by atoms with E-state index in [0.29, 0.717) is 31.1 Å². The third-order valence-electron chi connectivity index (χ3n) is 4.44. The lowest BCUT2D eigenvalue weighted by Crippen LogP contribution is -2.25.